The summed E-state index contributed by atoms with van der Waals surface area (Å²) in [7, 11) is 0. The molecule has 138 valence electrons. The molecule has 6 nitrogen and oxygen atoms in total. The molecule has 1 fully saturated rings. The lowest BCUT2D eigenvalue weighted by Gasteiger charge is -2.17. The molecular formula is C19H18F2N6. The predicted molar refractivity (Wildman–Crippen MR) is 101 cm³/mol. The molecule has 1 saturated heterocycles. The molecule has 0 amide bonds. The highest BCUT2D eigenvalue weighted by Crippen LogP contribution is 2.24. The summed E-state index contributed by atoms with van der Waals surface area (Å²) in [6, 6.07) is 11.6. The van der Waals surface area contributed by atoms with Crippen molar-refractivity contribution in [2.24, 2.45) is 0 Å². The average molecular weight is 368 g/mol. The average Bonchev–Trinajstić information content (AvgIpc) is 3.21. The fraction of sp³-hybridized carbons (Fsp3) is 0.211. The van der Waals surface area contributed by atoms with Crippen LogP contribution in [0, 0.1) is 11.6 Å². The monoisotopic (exact) mass is 368 g/mol. The van der Waals surface area contributed by atoms with Crippen LogP contribution in [0.4, 0.5) is 37.6 Å². The number of benzene rings is 2. The first kappa shape index (κ1) is 17.1. The Labute approximate surface area is 155 Å². The zero-order valence-electron chi connectivity index (χ0n) is 14.5. The fourth-order valence-electron chi connectivity index (χ4n) is 3.02. The number of nitrogens with one attached hydrogen (secondary N) is 2. The van der Waals surface area contributed by atoms with Crippen molar-refractivity contribution >= 4 is 28.8 Å². The lowest BCUT2D eigenvalue weighted by molar-refractivity contribution is 0.590. The van der Waals surface area contributed by atoms with Gasteiger partial charge in [0.1, 0.15) is 17.3 Å². The van der Waals surface area contributed by atoms with Crippen LogP contribution >= 0.6 is 0 Å². The maximum atomic E-state index is 13.8. The first-order valence-electron chi connectivity index (χ1n) is 8.72. The maximum absolute atomic E-state index is 13.8. The third-order valence-corrected chi connectivity index (χ3v) is 4.37. The molecule has 1 aromatic heterocycles. The molecule has 2 N–H and O–H groups in total. The molecule has 0 saturated carbocycles. The van der Waals surface area contributed by atoms with Crippen LogP contribution in [0.2, 0.25) is 0 Å². The molecule has 0 atom stereocenters. The van der Waals surface area contributed by atoms with E-state index in [0.29, 0.717) is 5.82 Å². The van der Waals surface area contributed by atoms with E-state index < -0.39 is 11.6 Å². The summed E-state index contributed by atoms with van der Waals surface area (Å²) in [6.45, 7) is 2.18. The number of para-hydroxylation sites is 1. The highest BCUT2D eigenvalue weighted by molar-refractivity contribution is 5.62. The standard InChI is InChI=1S/C19H18F2N6/c20-15-4-3-5-16(21)18(15)25-19-24-17(12-22-26-19)23-13-6-8-14(9-7-13)27-10-1-2-11-27/h3-9,12H,1-2,10-11H2,(H2,23,24,25,26). The van der Waals surface area contributed by atoms with Crippen molar-refractivity contribution < 1.29 is 8.78 Å². The molecular weight excluding hydrogens is 350 g/mol. The summed E-state index contributed by atoms with van der Waals surface area (Å²) < 4.78 is 27.5. The molecule has 0 aliphatic carbocycles. The van der Waals surface area contributed by atoms with E-state index in [9.17, 15) is 8.78 Å². The van der Waals surface area contributed by atoms with Gasteiger partial charge in [-0.3, -0.25) is 0 Å². The minimum Gasteiger partial charge on any atom is -0.372 e. The lowest BCUT2D eigenvalue weighted by Crippen LogP contribution is -2.17. The topological polar surface area (TPSA) is 66.0 Å². The van der Waals surface area contributed by atoms with Crippen molar-refractivity contribution in [3.05, 3.63) is 60.3 Å². The van der Waals surface area contributed by atoms with Gasteiger partial charge in [-0.25, -0.2) is 8.78 Å². The first-order chi connectivity index (χ1) is 13.2. The summed E-state index contributed by atoms with van der Waals surface area (Å²) in [6.07, 6.45) is 3.90. The van der Waals surface area contributed by atoms with E-state index in [0.717, 1.165) is 30.9 Å². The van der Waals surface area contributed by atoms with E-state index in [1.165, 1.54) is 30.8 Å². The number of nitrogens with zero attached hydrogens (tertiary/aromatic N) is 4. The van der Waals surface area contributed by atoms with Gasteiger partial charge >= 0.3 is 0 Å². The normalized spacial score (nSPS) is 13.6. The molecule has 0 unspecified atom stereocenters. The second kappa shape index (κ2) is 7.53. The summed E-state index contributed by atoms with van der Waals surface area (Å²) in [4.78, 5) is 6.55. The van der Waals surface area contributed by atoms with Gasteiger partial charge in [0.2, 0.25) is 5.95 Å². The van der Waals surface area contributed by atoms with E-state index in [1.807, 2.05) is 12.1 Å². The molecule has 4 rings (SSSR count). The Kier molecular flexibility index (Phi) is 4.78. The van der Waals surface area contributed by atoms with Gasteiger partial charge < -0.3 is 15.5 Å². The first-order valence-corrected chi connectivity index (χ1v) is 8.72. The number of hydrogen-bond donors (Lipinski definition) is 2. The maximum Gasteiger partial charge on any atom is 0.249 e. The van der Waals surface area contributed by atoms with E-state index in [4.69, 9.17) is 0 Å². The van der Waals surface area contributed by atoms with Crippen LogP contribution in [-0.2, 0) is 0 Å². The second-order valence-corrected chi connectivity index (χ2v) is 6.25. The Balaban J connectivity index is 1.48. The zero-order valence-corrected chi connectivity index (χ0v) is 14.5. The van der Waals surface area contributed by atoms with E-state index >= 15 is 0 Å². The van der Waals surface area contributed by atoms with Gasteiger partial charge in [-0.1, -0.05) is 6.07 Å². The largest absolute Gasteiger partial charge is 0.372 e. The molecule has 2 aromatic carbocycles. The number of rotatable bonds is 5. The van der Waals surface area contributed by atoms with E-state index in [-0.39, 0.29) is 11.6 Å². The van der Waals surface area contributed by atoms with Crippen molar-refractivity contribution in [2.45, 2.75) is 12.8 Å². The molecule has 0 radical (unpaired) electrons. The van der Waals surface area contributed by atoms with E-state index in [1.54, 1.807) is 0 Å². The Morgan fingerprint density at radius 1 is 0.889 bits per heavy atom. The number of hydrogen-bond acceptors (Lipinski definition) is 6. The Morgan fingerprint density at radius 3 is 2.30 bits per heavy atom. The summed E-state index contributed by atoms with van der Waals surface area (Å²) in [5.74, 6) is -1.04. The van der Waals surface area contributed by atoms with Gasteiger partial charge in [0.15, 0.2) is 5.82 Å². The predicted octanol–water partition coefficient (Wildman–Crippen LogP) is 4.24. The van der Waals surface area contributed by atoms with Crippen LogP contribution in [0.25, 0.3) is 0 Å². The zero-order chi connectivity index (χ0) is 18.6. The minimum atomic E-state index is -0.727. The molecule has 0 bridgehead atoms. The van der Waals surface area contributed by atoms with E-state index in [2.05, 4.69) is 42.8 Å². The molecule has 0 spiro atoms. The molecule has 8 heteroatoms. The van der Waals surface area contributed by atoms with Crippen molar-refractivity contribution in [1.29, 1.82) is 0 Å². The van der Waals surface area contributed by atoms with Crippen LogP contribution in [0.5, 0.6) is 0 Å². The summed E-state index contributed by atoms with van der Waals surface area (Å²) in [5.41, 5.74) is 1.71. The molecule has 27 heavy (non-hydrogen) atoms. The number of aromatic nitrogens is 3. The molecule has 2 heterocycles. The lowest BCUT2D eigenvalue weighted by atomic mass is 10.2. The second-order valence-electron chi connectivity index (χ2n) is 6.25. The fourth-order valence-corrected chi connectivity index (χ4v) is 3.02. The van der Waals surface area contributed by atoms with Gasteiger partial charge in [-0.15, -0.1) is 5.10 Å². The van der Waals surface area contributed by atoms with Gasteiger partial charge in [-0.05, 0) is 49.2 Å². The van der Waals surface area contributed by atoms with Crippen LogP contribution < -0.4 is 15.5 Å². The third kappa shape index (κ3) is 3.94. The minimum absolute atomic E-state index is 0.00214. The van der Waals surface area contributed by atoms with Crippen LogP contribution in [0.15, 0.2) is 48.7 Å². The Hall–Kier alpha value is -3.29. The van der Waals surface area contributed by atoms with Gasteiger partial charge in [0, 0.05) is 24.5 Å². The number of halogens is 2. The van der Waals surface area contributed by atoms with Crippen molar-refractivity contribution in [2.75, 3.05) is 28.6 Å². The summed E-state index contributed by atoms with van der Waals surface area (Å²) in [5, 5.41) is 13.2. The highest BCUT2D eigenvalue weighted by atomic mass is 19.1. The van der Waals surface area contributed by atoms with Gasteiger partial charge in [-0.2, -0.15) is 10.1 Å². The Bertz CT molecular complexity index is 905. The van der Waals surface area contributed by atoms with Crippen molar-refractivity contribution in [3.63, 3.8) is 0 Å². The molecule has 3 aromatic rings. The third-order valence-electron chi connectivity index (χ3n) is 4.37. The van der Waals surface area contributed by atoms with Crippen LogP contribution in [-0.4, -0.2) is 28.3 Å². The van der Waals surface area contributed by atoms with Crippen molar-refractivity contribution in [1.82, 2.24) is 15.2 Å². The van der Waals surface area contributed by atoms with Gasteiger partial charge in [0.25, 0.3) is 0 Å². The van der Waals surface area contributed by atoms with Crippen molar-refractivity contribution in [3.8, 4) is 0 Å². The molecule has 1 aliphatic heterocycles. The van der Waals surface area contributed by atoms with Gasteiger partial charge in [0.05, 0.1) is 6.20 Å². The Morgan fingerprint density at radius 2 is 1.59 bits per heavy atom. The number of anilines is 5. The van der Waals surface area contributed by atoms with Crippen LogP contribution in [0.1, 0.15) is 12.8 Å². The SMILES string of the molecule is Fc1cccc(F)c1Nc1nncc(Nc2ccc(N3CCCC3)cc2)n1. The quantitative estimate of drug-likeness (QED) is 0.702. The molecule has 1 aliphatic rings. The highest BCUT2D eigenvalue weighted by Gasteiger charge is 2.13. The smallest absolute Gasteiger partial charge is 0.249 e. The van der Waals surface area contributed by atoms with Crippen LogP contribution in [0.3, 0.4) is 0 Å². The summed E-state index contributed by atoms with van der Waals surface area (Å²) >= 11 is 0.